The van der Waals surface area contributed by atoms with Gasteiger partial charge in [-0.1, -0.05) is 184 Å². The average Bonchev–Trinajstić information content (AvgIpc) is 3.22. The summed E-state index contributed by atoms with van der Waals surface area (Å²) in [5.41, 5.74) is 0. The van der Waals surface area contributed by atoms with E-state index in [9.17, 15) is 14.3 Å². The van der Waals surface area contributed by atoms with Crippen molar-refractivity contribution in [2.24, 2.45) is 0 Å². The highest BCUT2D eigenvalue weighted by Gasteiger charge is 2.26. The van der Waals surface area contributed by atoms with Crippen molar-refractivity contribution in [1.29, 1.82) is 0 Å². The molecule has 0 aromatic heterocycles. The Kier molecular flexibility index (Phi) is 43.9. The van der Waals surface area contributed by atoms with E-state index in [0.29, 0.717) is 24.1 Å². The van der Waals surface area contributed by atoms with Gasteiger partial charge in [0, 0.05) is 13.0 Å². The number of carbonyl (C=O) groups excluding carboxylic acids is 1. The summed E-state index contributed by atoms with van der Waals surface area (Å²) in [6.07, 6.45) is 55.8. The minimum Gasteiger partial charge on any atom is -0.457 e. The SMILES string of the molecule is CCCCCCC/C=C\C/C=C\C/C=C\CCCCCCCCCOCC(COP(=O)(O)OCC[N+](C)(C)C)OC(=O)CCCCCCCCC/C=C\CCCCCCCC. The topological polar surface area (TPSA) is 91.3 Å². The summed E-state index contributed by atoms with van der Waals surface area (Å²) in [5.74, 6) is -0.321. The molecule has 0 bridgehead atoms. The maximum atomic E-state index is 12.7. The van der Waals surface area contributed by atoms with Crippen molar-refractivity contribution < 1.29 is 37.3 Å². The van der Waals surface area contributed by atoms with Crippen LogP contribution in [0.3, 0.4) is 0 Å². The number of rotatable bonds is 47. The number of hydrogen-bond acceptors (Lipinski definition) is 6. The fourth-order valence-corrected chi connectivity index (χ4v) is 7.65. The molecule has 0 aromatic rings. The normalized spacial score (nSPS) is 14.0. The lowest BCUT2D eigenvalue weighted by Crippen LogP contribution is -2.37. The van der Waals surface area contributed by atoms with Gasteiger partial charge in [0.1, 0.15) is 19.3 Å². The van der Waals surface area contributed by atoms with Crippen molar-refractivity contribution in [3.8, 4) is 0 Å². The molecule has 0 heterocycles. The fourth-order valence-electron chi connectivity index (χ4n) is 6.91. The van der Waals surface area contributed by atoms with Gasteiger partial charge in [0.25, 0.3) is 0 Å². The second-order valence-electron chi connectivity index (χ2n) is 18.2. The number of nitrogens with zero attached hydrogens (tertiary/aromatic N) is 1. The molecule has 8 nitrogen and oxygen atoms in total. The van der Waals surface area contributed by atoms with Gasteiger partial charge >= 0.3 is 13.8 Å². The molecule has 358 valence electrons. The van der Waals surface area contributed by atoms with Crippen LogP contribution in [0.2, 0.25) is 0 Å². The van der Waals surface area contributed by atoms with Crippen molar-refractivity contribution in [3.05, 3.63) is 48.6 Å². The Hall–Kier alpha value is -1.54. The summed E-state index contributed by atoms with van der Waals surface area (Å²) in [4.78, 5) is 23.0. The Morgan fingerprint density at radius 1 is 0.508 bits per heavy atom. The fraction of sp³-hybridized carbons (Fsp3) is 0.827. The Morgan fingerprint density at radius 3 is 1.36 bits per heavy atom. The van der Waals surface area contributed by atoms with Crippen LogP contribution >= 0.6 is 7.82 Å². The number of quaternary nitrogens is 1. The second-order valence-corrected chi connectivity index (χ2v) is 19.6. The predicted octanol–water partition coefficient (Wildman–Crippen LogP) is 15.5. The molecule has 0 fully saturated rings. The molecule has 1 N–H and O–H groups in total. The Balaban J connectivity index is 4.18. The first-order valence-corrected chi connectivity index (χ1v) is 26.9. The zero-order valence-electron chi connectivity index (χ0n) is 40.7. The molecular formula is C52H99NO7P+. The average molecular weight is 881 g/mol. The van der Waals surface area contributed by atoms with Crippen LogP contribution < -0.4 is 0 Å². The highest BCUT2D eigenvalue weighted by Crippen LogP contribution is 2.43. The number of carbonyl (C=O) groups is 1. The molecule has 2 atom stereocenters. The second kappa shape index (κ2) is 45.0. The van der Waals surface area contributed by atoms with E-state index >= 15 is 0 Å². The molecule has 0 rings (SSSR count). The van der Waals surface area contributed by atoms with Crippen LogP contribution in [0.4, 0.5) is 0 Å². The van der Waals surface area contributed by atoms with E-state index in [2.05, 4.69) is 62.5 Å². The van der Waals surface area contributed by atoms with Gasteiger partial charge in [-0.25, -0.2) is 4.57 Å². The first kappa shape index (κ1) is 59.5. The monoisotopic (exact) mass is 881 g/mol. The van der Waals surface area contributed by atoms with Gasteiger partial charge in [0.15, 0.2) is 0 Å². The molecule has 61 heavy (non-hydrogen) atoms. The molecule has 0 aromatic carbocycles. The zero-order valence-corrected chi connectivity index (χ0v) is 41.5. The number of allylic oxidation sites excluding steroid dienone is 8. The van der Waals surface area contributed by atoms with E-state index in [1.54, 1.807) is 0 Å². The maximum Gasteiger partial charge on any atom is 0.472 e. The predicted molar refractivity (Wildman–Crippen MR) is 261 cm³/mol. The van der Waals surface area contributed by atoms with E-state index in [0.717, 1.165) is 51.4 Å². The standard InChI is InChI=1S/C52H98NO7P/c1-6-8-10-12-14-16-18-20-22-24-25-26-27-28-30-32-34-36-38-40-42-44-47-57-49-51(50-59-61(55,56)58-48-46-53(3,4)5)60-52(54)45-43-41-39-37-35-33-31-29-23-21-19-17-15-13-11-9-7-2/h18,20-21,23-25,27-28,51H,6-17,19,22,26,29-50H2,1-5H3/p+1/b20-18-,23-21-,25-24-,28-27-. The maximum absolute atomic E-state index is 12.7. The lowest BCUT2D eigenvalue weighted by atomic mass is 10.1. The molecule has 0 amide bonds. The number of unbranched alkanes of at least 4 members (excludes halogenated alkanes) is 25. The van der Waals surface area contributed by atoms with E-state index in [1.807, 2.05) is 21.1 Å². The number of phosphoric acid groups is 1. The molecule has 0 aliphatic carbocycles. The van der Waals surface area contributed by atoms with Crippen molar-refractivity contribution in [1.82, 2.24) is 0 Å². The van der Waals surface area contributed by atoms with Crippen LogP contribution in [0.15, 0.2) is 48.6 Å². The number of likely N-dealkylation sites (N-methyl/N-ethyl adjacent to an activating group) is 1. The number of esters is 1. The minimum absolute atomic E-state index is 0.0846. The molecule has 2 unspecified atom stereocenters. The summed E-state index contributed by atoms with van der Waals surface area (Å²) in [5, 5.41) is 0. The Bertz CT molecular complexity index is 1120. The largest absolute Gasteiger partial charge is 0.472 e. The number of ether oxygens (including phenoxy) is 2. The third kappa shape index (κ3) is 49.3. The van der Waals surface area contributed by atoms with Gasteiger partial charge in [0.2, 0.25) is 0 Å². The van der Waals surface area contributed by atoms with Gasteiger partial charge in [-0.05, 0) is 77.0 Å². The smallest absolute Gasteiger partial charge is 0.457 e. The molecule has 0 radical (unpaired) electrons. The first-order valence-electron chi connectivity index (χ1n) is 25.4. The van der Waals surface area contributed by atoms with Crippen molar-refractivity contribution in [3.63, 3.8) is 0 Å². The van der Waals surface area contributed by atoms with E-state index in [-0.39, 0.29) is 25.8 Å². The van der Waals surface area contributed by atoms with Crippen LogP contribution in [0.1, 0.15) is 219 Å². The first-order chi connectivity index (χ1) is 29.6. The lowest BCUT2D eigenvalue weighted by molar-refractivity contribution is -0.870. The molecule has 0 aliphatic rings. The molecule has 0 saturated carbocycles. The highest BCUT2D eigenvalue weighted by atomic mass is 31.2. The van der Waals surface area contributed by atoms with Gasteiger partial charge in [0.05, 0.1) is 34.4 Å². The molecular weight excluding hydrogens is 782 g/mol. The third-order valence-corrected chi connectivity index (χ3v) is 11.8. The van der Waals surface area contributed by atoms with Crippen molar-refractivity contribution in [2.45, 2.75) is 225 Å². The summed E-state index contributed by atoms with van der Waals surface area (Å²) in [7, 11) is 1.66. The van der Waals surface area contributed by atoms with Crippen molar-refractivity contribution >= 4 is 13.8 Å². The quantitative estimate of drug-likeness (QED) is 0.0214. The molecule has 0 aliphatic heterocycles. The summed E-state index contributed by atoms with van der Waals surface area (Å²) in [6.45, 7) is 5.59. The van der Waals surface area contributed by atoms with Crippen LogP contribution in [-0.2, 0) is 27.9 Å². The van der Waals surface area contributed by atoms with E-state index in [4.69, 9.17) is 18.5 Å². The highest BCUT2D eigenvalue weighted by molar-refractivity contribution is 7.47. The lowest BCUT2D eigenvalue weighted by Gasteiger charge is -2.24. The molecule has 0 saturated heterocycles. The molecule has 9 heteroatoms. The Labute approximate surface area is 378 Å². The minimum atomic E-state index is -4.28. The van der Waals surface area contributed by atoms with E-state index in [1.165, 1.54) is 148 Å². The van der Waals surface area contributed by atoms with Gasteiger partial charge in [-0.15, -0.1) is 0 Å². The summed E-state index contributed by atoms with van der Waals surface area (Å²) >= 11 is 0. The summed E-state index contributed by atoms with van der Waals surface area (Å²) in [6, 6.07) is 0. The third-order valence-electron chi connectivity index (χ3n) is 10.9. The van der Waals surface area contributed by atoms with Crippen LogP contribution in [-0.4, -0.2) is 75.6 Å². The van der Waals surface area contributed by atoms with Crippen molar-refractivity contribution in [2.75, 3.05) is 54.1 Å². The van der Waals surface area contributed by atoms with Gasteiger partial charge in [-0.2, -0.15) is 0 Å². The van der Waals surface area contributed by atoms with Crippen LogP contribution in [0.25, 0.3) is 0 Å². The summed E-state index contributed by atoms with van der Waals surface area (Å²) < 4.78 is 35.1. The number of hydrogen-bond donors (Lipinski definition) is 1. The van der Waals surface area contributed by atoms with Gasteiger partial charge < -0.3 is 18.9 Å². The van der Waals surface area contributed by atoms with Crippen LogP contribution in [0.5, 0.6) is 0 Å². The zero-order chi connectivity index (χ0) is 44.8. The van der Waals surface area contributed by atoms with Crippen LogP contribution in [0, 0.1) is 0 Å². The van der Waals surface area contributed by atoms with Gasteiger partial charge in [-0.3, -0.25) is 13.8 Å². The number of phosphoric ester groups is 1. The van der Waals surface area contributed by atoms with E-state index < -0.39 is 13.9 Å². The molecule has 0 spiro atoms. The Morgan fingerprint density at radius 2 is 0.902 bits per heavy atom.